The van der Waals surface area contributed by atoms with Crippen LogP contribution >= 0.6 is 11.8 Å². The van der Waals surface area contributed by atoms with Crippen LogP contribution in [0.3, 0.4) is 0 Å². The lowest BCUT2D eigenvalue weighted by molar-refractivity contribution is -0.384. The van der Waals surface area contributed by atoms with Crippen LogP contribution in [0, 0.1) is 10.1 Å². The molecule has 0 radical (unpaired) electrons. The molecule has 8 heteroatoms. The first kappa shape index (κ1) is 14.0. The summed E-state index contributed by atoms with van der Waals surface area (Å²) in [4.78, 5) is 15.9. The largest absolute Gasteiger partial charge is 0.334 e. The van der Waals surface area contributed by atoms with Crippen molar-refractivity contribution in [3.05, 3.63) is 34.1 Å². The molecule has 1 aliphatic carbocycles. The molecule has 0 bridgehead atoms. The molecule has 0 saturated heterocycles. The van der Waals surface area contributed by atoms with Gasteiger partial charge in [-0.2, -0.15) is 4.98 Å². The molecule has 2 N–H and O–H groups in total. The fourth-order valence-electron chi connectivity index (χ4n) is 2.29. The van der Waals surface area contributed by atoms with Crippen LogP contribution < -0.4 is 5.73 Å². The van der Waals surface area contributed by atoms with Crippen LogP contribution in [-0.4, -0.2) is 21.3 Å². The highest BCUT2D eigenvalue weighted by Gasteiger charge is 2.39. The molecule has 0 unspecified atom stereocenters. The Kier molecular flexibility index (Phi) is 3.42. The fraction of sp³-hybridized carbons (Fsp3) is 0.385. The number of benzene rings is 1. The lowest BCUT2D eigenvalue weighted by Gasteiger charge is -2.34. The SMILES string of the molecule is CSc1ccc([N+](=O)[O-])c(-c2nc(C3(N)CCC3)no2)c1. The van der Waals surface area contributed by atoms with Crippen molar-refractivity contribution in [1.82, 2.24) is 10.1 Å². The van der Waals surface area contributed by atoms with Crippen LogP contribution in [0.5, 0.6) is 0 Å². The van der Waals surface area contributed by atoms with E-state index >= 15 is 0 Å². The van der Waals surface area contributed by atoms with Crippen molar-refractivity contribution in [3.8, 4) is 11.5 Å². The Hall–Kier alpha value is -1.93. The number of nitrogens with zero attached hydrogens (tertiary/aromatic N) is 3. The maximum absolute atomic E-state index is 11.1. The van der Waals surface area contributed by atoms with Gasteiger partial charge in [-0.3, -0.25) is 10.1 Å². The summed E-state index contributed by atoms with van der Waals surface area (Å²) in [5, 5.41) is 15.1. The van der Waals surface area contributed by atoms with E-state index in [1.807, 2.05) is 6.26 Å². The lowest BCUT2D eigenvalue weighted by Crippen LogP contribution is -2.44. The Morgan fingerprint density at radius 3 is 2.81 bits per heavy atom. The Balaban J connectivity index is 2.05. The first-order chi connectivity index (χ1) is 10.0. The zero-order chi connectivity index (χ0) is 15.0. The number of hydrogen-bond donors (Lipinski definition) is 1. The van der Waals surface area contributed by atoms with Gasteiger partial charge in [-0.15, -0.1) is 11.8 Å². The number of hydrogen-bond acceptors (Lipinski definition) is 7. The van der Waals surface area contributed by atoms with E-state index in [2.05, 4.69) is 10.1 Å². The number of thioether (sulfide) groups is 1. The van der Waals surface area contributed by atoms with Gasteiger partial charge in [0.2, 0.25) is 0 Å². The van der Waals surface area contributed by atoms with Gasteiger partial charge in [0.25, 0.3) is 11.6 Å². The summed E-state index contributed by atoms with van der Waals surface area (Å²) in [6.45, 7) is 0. The van der Waals surface area contributed by atoms with Crippen molar-refractivity contribution in [2.75, 3.05) is 6.26 Å². The second-order valence-electron chi connectivity index (χ2n) is 5.07. The van der Waals surface area contributed by atoms with Crippen molar-refractivity contribution in [2.24, 2.45) is 5.73 Å². The topological polar surface area (TPSA) is 108 Å². The molecule has 0 aliphatic heterocycles. The van der Waals surface area contributed by atoms with Gasteiger partial charge in [0.1, 0.15) is 5.56 Å². The third-order valence-electron chi connectivity index (χ3n) is 3.75. The standard InChI is InChI=1S/C13H14N4O3S/c1-21-8-3-4-10(17(18)19)9(7-8)11-15-12(16-20-11)13(14)5-2-6-13/h3-4,7H,2,5-6,14H2,1H3. The summed E-state index contributed by atoms with van der Waals surface area (Å²) >= 11 is 1.49. The van der Waals surface area contributed by atoms with Gasteiger partial charge in [-0.1, -0.05) is 5.16 Å². The molecular formula is C13H14N4O3S. The predicted molar refractivity (Wildman–Crippen MR) is 77.9 cm³/mol. The maximum atomic E-state index is 11.1. The first-order valence-electron chi connectivity index (χ1n) is 6.49. The van der Waals surface area contributed by atoms with Gasteiger partial charge < -0.3 is 10.3 Å². The van der Waals surface area contributed by atoms with E-state index in [4.69, 9.17) is 10.3 Å². The lowest BCUT2D eigenvalue weighted by atomic mass is 9.77. The summed E-state index contributed by atoms with van der Waals surface area (Å²) in [5.74, 6) is 0.567. The molecule has 7 nitrogen and oxygen atoms in total. The molecule has 0 spiro atoms. The van der Waals surface area contributed by atoms with E-state index < -0.39 is 10.5 Å². The molecule has 1 aliphatic rings. The van der Waals surface area contributed by atoms with E-state index in [0.29, 0.717) is 11.4 Å². The minimum atomic E-state index is -0.548. The number of aromatic nitrogens is 2. The van der Waals surface area contributed by atoms with Crippen molar-refractivity contribution < 1.29 is 9.45 Å². The van der Waals surface area contributed by atoms with E-state index in [1.54, 1.807) is 12.1 Å². The third kappa shape index (κ3) is 2.40. The van der Waals surface area contributed by atoms with Gasteiger partial charge in [-0.25, -0.2) is 0 Å². The summed E-state index contributed by atoms with van der Waals surface area (Å²) in [6.07, 6.45) is 4.54. The minimum Gasteiger partial charge on any atom is -0.334 e. The molecule has 1 aromatic heterocycles. The monoisotopic (exact) mass is 306 g/mol. The molecule has 1 heterocycles. The molecule has 1 aromatic carbocycles. The van der Waals surface area contributed by atoms with Crippen molar-refractivity contribution >= 4 is 17.4 Å². The Morgan fingerprint density at radius 2 is 2.24 bits per heavy atom. The van der Waals surface area contributed by atoms with Crippen LogP contribution in [0.1, 0.15) is 25.1 Å². The second-order valence-corrected chi connectivity index (χ2v) is 5.95. The predicted octanol–water partition coefficient (Wildman–Crippen LogP) is 2.70. The summed E-state index contributed by atoms with van der Waals surface area (Å²) in [5.41, 5.74) is 5.87. The molecule has 1 saturated carbocycles. The highest BCUT2D eigenvalue weighted by Crippen LogP contribution is 2.39. The Labute approximate surface area is 125 Å². The van der Waals surface area contributed by atoms with Crippen molar-refractivity contribution in [3.63, 3.8) is 0 Å². The number of nitrogens with two attached hydrogens (primary N) is 1. The normalized spacial score (nSPS) is 16.5. The molecule has 1 fully saturated rings. The zero-order valence-electron chi connectivity index (χ0n) is 11.4. The summed E-state index contributed by atoms with van der Waals surface area (Å²) in [6, 6.07) is 4.83. The van der Waals surface area contributed by atoms with Gasteiger partial charge in [0.15, 0.2) is 5.82 Å². The Morgan fingerprint density at radius 1 is 1.48 bits per heavy atom. The van der Waals surface area contributed by atoms with Crippen LogP contribution in [0.4, 0.5) is 5.69 Å². The van der Waals surface area contributed by atoms with Crippen molar-refractivity contribution in [2.45, 2.75) is 29.7 Å². The fourth-order valence-corrected chi connectivity index (χ4v) is 2.73. The van der Waals surface area contributed by atoms with Crippen LogP contribution in [-0.2, 0) is 5.54 Å². The Bertz CT molecular complexity index is 696. The molecule has 21 heavy (non-hydrogen) atoms. The maximum Gasteiger partial charge on any atom is 0.282 e. The molecule has 2 aromatic rings. The molecule has 110 valence electrons. The van der Waals surface area contributed by atoms with E-state index in [1.165, 1.54) is 17.8 Å². The third-order valence-corrected chi connectivity index (χ3v) is 4.47. The molecule has 3 rings (SSSR count). The van der Waals surface area contributed by atoms with Gasteiger partial charge in [0, 0.05) is 11.0 Å². The van der Waals surface area contributed by atoms with E-state index in [9.17, 15) is 10.1 Å². The quantitative estimate of drug-likeness (QED) is 0.525. The van der Waals surface area contributed by atoms with Gasteiger partial charge in [0.05, 0.1) is 10.5 Å². The van der Waals surface area contributed by atoms with E-state index in [0.717, 1.165) is 24.2 Å². The van der Waals surface area contributed by atoms with Gasteiger partial charge >= 0.3 is 0 Å². The van der Waals surface area contributed by atoms with Crippen LogP contribution in [0.25, 0.3) is 11.5 Å². The second kappa shape index (κ2) is 5.12. The number of rotatable bonds is 4. The minimum absolute atomic E-state index is 0.0531. The first-order valence-corrected chi connectivity index (χ1v) is 7.72. The van der Waals surface area contributed by atoms with Crippen LogP contribution in [0.2, 0.25) is 0 Å². The van der Waals surface area contributed by atoms with Gasteiger partial charge in [-0.05, 0) is 37.7 Å². The summed E-state index contributed by atoms with van der Waals surface area (Å²) in [7, 11) is 0. The highest BCUT2D eigenvalue weighted by atomic mass is 32.2. The number of nitro groups is 1. The number of nitro benzene ring substituents is 1. The molecule has 0 atom stereocenters. The molecular weight excluding hydrogens is 292 g/mol. The average molecular weight is 306 g/mol. The smallest absolute Gasteiger partial charge is 0.282 e. The highest BCUT2D eigenvalue weighted by molar-refractivity contribution is 7.98. The summed E-state index contributed by atoms with van der Waals surface area (Å²) < 4.78 is 5.21. The van der Waals surface area contributed by atoms with Crippen LogP contribution in [0.15, 0.2) is 27.6 Å². The molecule has 0 amide bonds. The van der Waals surface area contributed by atoms with E-state index in [-0.39, 0.29) is 11.6 Å². The zero-order valence-corrected chi connectivity index (χ0v) is 12.2. The average Bonchev–Trinajstić information content (AvgIpc) is 2.94. The van der Waals surface area contributed by atoms with Crippen molar-refractivity contribution in [1.29, 1.82) is 0 Å².